The zero-order valence-electron chi connectivity index (χ0n) is 11.4. The summed E-state index contributed by atoms with van der Waals surface area (Å²) in [5, 5.41) is 11.6. The molecule has 3 heteroatoms. The minimum atomic E-state index is -0.871. The van der Waals surface area contributed by atoms with Gasteiger partial charge in [-0.25, -0.2) is 4.79 Å². The van der Waals surface area contributed by atoms with Crippen molar-refractivity contribution in [3.63, 3.8) is 0 Å². The van der Waals surface area contributed by atoms with Gasteiger partial charge in [0.25, 0.3) is 0 Å². The number of carboxylic acids is 1. The van der Waals surface area contributed by atoms with Gasteiger partial charge in [0.2, 0.25) is 0 Å². The van der Waals surface area contributed by atoms with Gasteiger partial charge in [-0.1, -0.05) is 45.0 Å². The molecule has 0 aliphatic carbocycles. The topological polar surface area (TPSA) is 37.3 Å². The smallest absolute Gasteiger partial charge is 0.336 e. The molecule has 0 fully saturated rings. The third-order valence-electron chi connectivity index (χ3n) is 3.37. The van der Waals surface area contributed by atoms with E-state index >= 15 is 0 Å². The van der Waals surface area contributed by atoms with E-state index in [1.807, 2.05) is 42.1 Å². The van der Waals surface area contributed by atoms with E-state index in [-0.39, 0.29) is 0 Å². The number of carbonyl (C=O) groups is 1. The maximum absolute atomic E-state index is 11.2. The van der Waals surface area contributed by atoms with Gasteiger partial charge in [0.05, 0.1) is 5.56 Å². The van der Waals surface area contributed by atoms with Crippen LogP contribution in [0.15, 0.2) is 41.3 Å². The van der Waals surface area contributed by atoms with Crippen molar-refractivity contribution in [2.75, 3.05) is 0 Å². The van der Waals surface area contributed by atoms with Crippen LogP contribution in [0.5, 0.6) is 0 Å². The van der Waals surface area contributed by atoms with E-state index in [1.165, 1.54) is 0 Å². The summed E-state index contributed by atoms with van der Waals surface area (Å²) in [6.45, 7) is 6.60. The second-order valence-electron chi connectivity index (χ2n) is 5.03. The lowest BCUT2D eigenvalue weighted by Crippen LogP contribution is -2.05. The summed E-state index contributed by atoms with van der Waals surface area (Å²) in [6, 6.07) is 11.3. The number of hydrogen-bond acceptors (Lipinski definition) is 2. The van der Waals surface area contributed by atoms with Crippen molar-refractivity contribution in [2.24, 2.45) is 5.92 Å². The molecule has 0 heterocycles. The Hall–Kier alpha value is -1.48. The van der Waals surface area contributed by atoms with E-state index < -0.39 is 5.97 Å². The van der Waals surface area contributed by atoms with Crippen LogP contribution in [0.1, 0.15) is 31.1 Å². The summed E-state index contributed by atoms with van der Waals surface area (Å²) in [6.07, 6.45) is 0. The van der Waals surface area contributed by atoms with E-state index in [1.54, 1.807) is 6.07 Å². The Kier molecular flexibility index (Phi) is 4.15. The minimum absolute atomic E-state index is 0.372. The van der Waals surface area contributed by atoms with Gasteiger partial charge < -0.3 is 5.11 Å². The maximum atomic E-state index is 11.2. The van der Waals surface area contributed by atoms with Gasteiger partial charge in [-0.05, 0) is 28.8 Å². The Balaban J connectivity index is 2.53. The number of hydrogen-bond donors (Lipinski definition) is 1. The molecular formula is C16H18O2S. The normalized spacial score (nSPS) is 12.8. The van der Waals surface area contributed by atoms with Gasteiger partial charge in [0, 0.05) is 10.1 Å². The second-order valence-corrected chi connectivity index (χ2v) is 6.45. The standard InChI is InChI=1S/C16H18O2S/c1-10(2)11(3)19-15-9-8-14(16(17)18)12-6-4-5-7-13(12)15/h4-11H,1-3H3,(H,17,18). The molecule has 0 saturated carbocycles. The van der Waals surface area contributed by atoms with Gasteiger partial charge in [0.1, 0.15) is 0 Å². The fraction of sp³-hybridized carbons (Fsp3) is 0.312. The average molecular weight is 274 g/mol. The van der Waals surface area contributed by atoms with Crippen LogP contribution in [0.4, 0.5) is 0 Å². The molecule has 0 radical (unpaired) electrons. The Morgan fingerprint density at radius 3 is 2.26 bits per heavy atom. The van der Waals surface area contributed by atoms with Crippen LogP contribution < -0.4 is 0 Å². The molecule has 0 saturated heterocycles. The molecule has 0 aliphatic rings. The highest BCUT2D eigenvalue weighted by Gasteiger charge is 2.14. The molecule has 0 spiro atoms. The first-order chi connectivity index (χ1) is 9.00. The third kappa shape index (κ3) is 2.92. The molecule has 2 rings (SSSR count). The molecule has 1 atom stereocenters. The largest absolute Gasteiger partial charge is 0.478 e. The molecule has 0 aromatic heterocycles. The van der Waals surface area contributed by atoms with Crippen molar-refractivity contribution >= 4 is 28.5 Å². The SMILES string of the molecule is CC(C)C(C)Sc1ccc(C(=O)O)c2ccccc12. The molecule has 0 aliphatic heterocycles. The molecule has 100 valence electrons. The summed E-state index contributed by atoms with van der Waals surface area (Å²) in [4.78, 5) is 12.4. The lowest BCUT2D eigenvalue weighted by Gasteiger charge is -2.16. The van der Waals surface area contributed by atoms with Gasteiger partial charge in [-0.2, -0.15) is 0 Å². The first kappa shape index (κ1) is 13.9. The summed E-state index contributed by atoms with van der Waals surface area (Å²) in [5.41, 5.74) is 0.372. The van der Waals surface area contributed by atoms with Crippen LogP contribution in [0, 0.1) is 5.92 Å². The van der Waals surface area contributed by atoms with Crippen LogP contribution in [0.25, 0.3) is 10.8 Å². The zero-order valence-corrected chi connectivity index (χ0v) is 12.2. The highest BCUT2D eigenvalue weighted by Crippen LogP contribution is 2.34. The molecule has 2 nitrogen and oxygen atoms in total. The van der Waals surface area contributed by atoms with Crippen LogP contribution in [0.2, 0.25) is 0 Å². The minimum Gasteiger partial charge on any atom is -0.478 e. The molecule has 0 amide bonds. The van der Waals surface area contributed by atoms with Crippen molar-refractivity contribution in [1.29, 1.82) is 0 Å². The highest BCUT2D eigenvalue weighted by molar-refractivity contribution is 8.00. The Morgan fingerprint density at radius 1 is 1.05 bits per heavy atom. The number of benzene rings is 2. The van der Waals surface area contributed by atoms with Gasteiger partial charge in [-0.15, -0.1) is 11.8 Å². The summed E-state index contributed by atoms with van der Waals surface area (Å²) < 4.78 is 0. The lowest BCUT2D eigenvalue weighted by molar-refractivity contribution is 0.0699. The molecular weight excluding hydrogens is 256 g/mol. The third-order valence-corrected chi connectivity index (χ3v) is 4.89. The average Bonchev–Trinajstić information content (AvgIpc) is 2.38. The fourth-order valence-corrected chi connectivity index (χ4v) is 3.02. The van der Waals surface area contributed by atoms with Crippen LogP contribution in [-0.4, -0.2) is 16.3 Å². The van der Waals surface area contributed by atoms with E-state index in [4.69, 9.17) is 0 Å². The van der Waals surface area contributed by atoms with Crippen molar-refractivity contribution < 1.29 is 9.90 Å². The fourth-order valence-electron chi connectivity index (χ4n) is 1.90. The van der Waals surface area contributed by atoms with E-state index in [2.05, 4.69) is 20.8 Å². The summed E-state index contributed by atoms with van der Waals surface area (Å²) in [7, 11) is 0. The number of rotatable bonds is 4. The first-order valence-corrected chi connectivity index (χ1v) is 7.30. The van der Waals surface area contributed by atoms with E-state index in [0.717, 1.165) is 15.7 Å². The Morgan fingerprint density at radius 2 is 1.68 bits per heavy atom. The van der Waals surface area contributed by atoms with Gasteiger partial charge in [0.15, 0.2) is 0 Å². The Labute approximate surface area is 117 Å². The number of carboxylic acid groups (broad SMARTS) is 1. The predicted octanol–water partition coefficient (Wildman–Crippen LogP) is 4.67. The van der Waals surface area contributed by atoms with Gasteiger partial charge in [-0.3, -0.25) is 0 Å². The Bertz CT molecular complexity index is 605. The lowest BCUT2D eigenvalue weighted by atomic mass is 10.0. The van der Waals surface area contributed by atoms with Crippen LogP contribution in [0.3, 0.4) is 0 Å². The monoisotopic (exact) mass is 274 g/mol. The van der Waals surface area contributed by atoms with E-state index in [9.17, 15) is 9.90 Å². The van der Waals surface area contributed by atoms with Crippen molar-refractivity contribution in [2.45, 2.75) is 30.9 Å². The molecule has 2 aromatic carbocycles. The molecule has 2 aromatic rings. The maximum Gasteiger partial charge on any atom is 0.336 e. The number of fused-ring (bicyclic) bond motifs is 1. The summed E-state index contributed by atoms with van der Waals surface area (Å²) >= 11 is 1.81. The highest BCUT2D eigenvalue weighted by atomic mass is 32.2. The van der Waals surface area contributed by atoms with Gasteiger partial charge >= 0.3 is 5.97 Å². The predicted molar refractivity (Wildman–Crippen MR) is 81.1 cm³/mol. The molecule has 1 N–H and O–H groups in total. The molecule has 19 heavy (non-hydrogen) atoms. The second kappa shape index (κ2) is 5.66. The zero-order chi connectivity index (χ0) is 14.0. The quantitative estimate of drug-likeness (QED) is 0.823. The van der Waals surface area contributed by atoms with Crippen LogP contribution >= 0.6 is 11.8 Å². The van der Waals surface area contributed by atoms with Crippen molar-refractivity contribution in [3.8, 4) is 0 Å². The number of aromatic carboxylic acids is 1. The van der Waals surface area contributed by atoms with Crippen LogP contribution in [-0.2, 0) is 0 Å². The summed E-state index contributed by atoms with van der Waals surface area (Å²) in [5.74, 6) is -0.285. The number of thioether (sulfide) groups is 1. The van der Waals surface area contributed by atoms with Crippen molar-refractivity contribution in [1.82, 2.24) is 0 Å². The van der Waals surface area contributed by atoms with E-state index in [0.29, 0.717) is 16.7 Å². The van der Waals surface area contributed by atoms with Crippen molar-refractivity contribution in [3.05, 3.63) is 42.0 Å². The molecule has 0 bridgehead atoms. The molecule has 1 unspecified atom stereocenters. The first-order valence-electron chi connectivity index (χ1n) is 6.42.